The van der Waals surface area contributed by atoms with Crippen molar-refractivity contribution in [1.29, 1.82) is 0 Å². The van der Waals surface area contributed by atoms with Crippen LogP contribution in [0.3, 0.4) is 0 Å². The third-order valence-corrected chi connectivity index (χ3v) is 7.29. The van der Waals surface area contributed by atoms with Gasteiger partial charge in [0.05, 0.1) is 12.8 Å². The summed E-state index contributed by atoms with van der Waals surface area (Å²) < 4.78 is 30.7. The highest BCUT2D eigenvalue weighted by Gasteiger charge is 2.42. The van der Waals surface area contributed by atoms with Gasteiger partial charge in [-0.25, -0.2) is 23.9 Å². The highest BCUT2D eigenvalue weighted by atomic mass is 79.9. The van der Waals surface area contributed by atoms with Crippen LogP contribution in [0.5, 0.6) is 0 Å². The number of aliphatic hydroxyl groups is 1. The number of piperidine rings is 1. The van der Waals surface area contributed by atoms with E-state index in [4.69, 9.17) is 0 Å². The van der Waals surface area contributed by atoms with Crippen molar-refractivity contribution in [2.75, 3.05) is 13.1 Å². The van der Waals surface area contributed by atoms with Gasteiger partial charge < -0.3 is 5.11 Å². The van der Waals surface area contributed by atoms with Gasteiger partial charge in [0.15, 0.2) is 0 Å². The Kier molecular flexibility index (Phi) is 8.57. The van der Waals surface area contributed by atoms with Gasteiger partial charge in [0.1, 0.15) is 29.9 Å². The fraction of sp³-hybridized carbons (Fsp3) is 0.308. The van der Waals surface area contributed by atoms with Crippen LogP contribution in [-0.2, 0) is 16.9 Å². The molecule has 8 nitrogen and oxygen atoms in total. The minimum Gasteiger partial charge on any atom is -0.381 e. The summed E-state index contributed by atoms with van der Waals surface area (Å²) in [6, 6.07) is 10.2. The van der Waals surface area contributed by atoms with Crippen molar-refractivity contribution >= 4 is 28.1 Å². The molecule has 11 heteroatoms. The molecule has 1 fully saturated rings. The summed E-state index contributed by atoms with van der Waals surface area (Å²) in [5.41, 5.74) is 2.59. The van der Waals surface area contributed by atoms with Crippen LogP contribution in [0.25, 0.3) is 0 Å². The molecule has 3 aromatic rings. The van der Waals surface area contributed by atoms with Crippen LogP contribution in [0.1, 0.15) is 30.9 Å². The summed E-state index contributed by atoms with van der Waals surface area (Å²) in [6.07, 6.45) is 7.07. The summed E-state index contributed by atoms with van der Waals surface area (Å²) in [7, 11) is 0. The van der Waals surface area contributed by atoms with Gasteiger partial charge in [-0.2, -0.15) is 10.2 Å². The van der Waals surface area contributed by atoms with Gasteiger partial charge in [0.25, 0.3) is 5.91 Å². The molecular weight excluding hydrogens is 546 g/mol. The number of hydrogen-bond acceptors (Lipinski definition) is 6. The van der Waals surface area contributed by atoms with Gasteiger partial charge in [-0.3, -0.25) is 9.69 Å². The van der Waals surface area contributed by atoms with E-state index in [2.05, 4.69) is 36.5 Å². The minimum atomic E-state index is -1.70. The van der Waals surface area contributed by atoms with E-state index in [1.165, 1.54) is 23.4 Å². The number of nitrogens with zero attached hydrogens (tertiary/aromatic N) is 5. The van der Waals surface area contributed by atoms with Gasteiger partial charge in [-0.1, -0.05) is 45.8 Å². The predicted octanol–water partition coefficient (Wildman–Crippen LogP) is 3.77. The summed E-state index contributed by atoms with van der Waals surface area (Å²) in [4.78, 5) is 18.3. The Hall–Kier alpha value is -3.28. The zero-order valence-electron chi connectivity index (χ0n) is 20.2. The highest BCUT2D eigenvalue weighted by molar-refractivity contribution is 9.10. The molecule has 1 aliphatic heterocycles. The Bertz CT molecular complexity index is 1290. The second-order valence-corrected chi connectivity index (χ2v) is 9.77. The molecule has 0 saturated carbocycles. The molecule has 0 aliphatic carbocycles. The number of halogens is 3. The molecule has 194 valence electrons. The first-order valence-electron chi connectivity index (χ1n) is 11.8. The molecule has 0 unspecified atom stereocenters. The Morgan fingerprint density at radius 3 is 2.70 bits per heavy atom. The number of hydrazone groups is 1. The fourth-order valence-corrected chi connectivity index (χ4v) is 4.84. The number of hydrogen-bond donors (Lipinski definition) is 2. The third-order valence-electron chi connectivity index (χ3n) is 6.57. The molecule has 37 heavy (non-hydrogen) atoms. The molecule has 4 rings (SSSR count). The van der Waals surface area contributed by atoms with Gasteiger partial charge in [-0.05, 0) is 31.9 Å². The molecule has 2 aromatic carbocycles. The van der Waals surface area contributed by atoms with Crippen molar-refractivity contribution in [3.63, 3.8) is 0 Å². The van der Waals surface area contributed by atoms with Gasteiger partial charge >= 0.3 is 0 Å². The number of carbonyl (C=O) groups excluding carboxylic acids is 1. The standard InChI is InChI=1S/C26H27BrF2N6O2/c1-18(26(37,15-35-17-30-16-32-35)22-7-6-21(28)13-24(22)29)34-10-8-19(9-11-34)12-25(36)33-31-14-20-4-2-3-5-23(20)27/h2-7,12-14,16-18,37H,8-11,15H2,1H3,(H,33,36)/t18-,26-/m1/s1. The smallest absolute Gasteiger partial charge is 0.264 e. The monoisotopic (exact) mass is 572 g/mol. The molecule has 2 N–H and O–H groups in total. The zero-order chi connectivity index (χ0) is 26.4. The number of benzene rings is 2. The first-order valence-corrected chi connectivity index (χ1v) is 12.6. The van der Waals surface area contributed by atoms with E-state index in [0.29, 0.717) is 25.9 Å². The summed E-state index contributed by atoms with van der Waals surface area (Å²) in [6.45, 7) is 2.83. The Morgan fingerprint density at radius 2 is 2.03 bits per heavy atom. The molecule has 2 atom stereocenters. The second kappa shape index (κ2) is 11.8. The topological polar surface area (TPSA) is 95.6 Å². The van der Waals surface area contributed by atoms with E-state index in [9.17, 15) is 18.7 Å². The Balaban J connectivity index is 1.42. The predicted molar refractivity (Wildman–Crippen MR) is 139 cm³/mol. The van der Waals surface area contributed by atoms with Gasteiger partial charge in [0, 0.05) is 46.9 Å². The number of carbonyl (C=O) groups is 1. The van der Waals surface area contributed by atoms with E-state index in [1.807, 2.05) is 29.2 Å². The van der Waals surface area contributed by atoms with E-state index in [-0.39, 0.29) is 18.0 Å². The molecule has 0 radical (unpaired) electrons. The van der Waals surface area contributed by atoms with E-state index >= 15 is 0 Å². The lowest BCUT2D eigenvalue weighted by molar-refractivity contribution is -0.116. The number of rotatable bonds is 8. The van der Waals surface area contributed by atoms with E-state index in [0.717, 1.165) is 27.7 Å². The Labute approximate surface area is 221 Å². The first-order chi connectivity index (χ1) is 17.8. The number of amides is 1. The average Bonchev–Trinajstić information content (AvgIpc) is 3.38. The molecule has 1 amide bonds. The first kappa shape index (κ1) is 26.8. The molecule has 1 aromatic heterocycles. The van der Waals surface area contributed by atoms with Gasteiger partial charge in [-0.15, -0.1) is 0 Å². The second-order valence-electron chi connectivity index (χ2n) is 8.91. The SMILES string of the molecule is C[C@@H](N1CCC(=CC(=O)NN=Cc2ccccc2Br)CC1)[C@](O)(Cn1cncn1)c1ccc(F)cc1F. The summed E-state index contributed by atoms with van der Waals surface area (Å²) in [5.74, 6) is -1.87. The zero-order valence-corrected chi connectivity index (χ0v) is 21.8. The number of aromatic nitrogens is 3. The quantitative estimate of drug-likeness (QED) is 0.243. The maximum Gasteiger partial charge on any atom is 0.264 e. The maximum absolute atomic E-state index is 14.8. The van der Waals surface area contributed by atoms with Crippen LogP contribution in [-0.4, -0.2) is 56.0 Å². The van der Waals surface area contributed by atoms with Crippen LogP contribution < -0.4 is 5.43 Å². The van der Waals surface area contributed by atoms with Crippen LogP contribution in [0.15, 0.2) is 76.3 Å². The number of likely N-dealkylation sites (tertiary alicyclic amines) is 1. The van der Waals surface area contributed by atoms with Gasteiger partial charge in [0.2, 0.25) is 0 Å². The lowest BCUT2D eigenvalue weighted by Crippen LogP contribution is -2.53. The van der Waals surface area contributed by atoms with E-state index < -0.39 is 23.3 Å². The summed E-state index contributed by atoms with van der Waals surface area (Å²) in [5, 5.41) is 19.8. The molecule has 1 aliphatic rings. The molecule has 0 spiro atoms. The highest BCUT2D eigenvalue weighted by Crippen LogP contribution is 2.34. The van der Waals surface area contributed by atoms with Crippen molar-refractivity contribution < 1.29 is 18.7 Å². The Morgan fingerprint density at radius 1 is 1.27 bits per heavy atom. The van der Waals surface area contributed by atoms with Crippen molar-refractivity contribution in [3.8, 4) is 0 Å². The number of nitrogens with one attached hydrogen (secondary N) is 1. The van der Waals surface area contributed by atoms with Crippen LogP contribution in [0.2, 0.25) is 0 Å². The molecular formula is C26H27BrF2N6O2. The van der Waals surface area contributed by atoms with Crippen molar-refractivity contribution in [2.45, 2.75) is 38.0 Å². The minimum absolute atomic E-state index is 0.0134. The van der Waals surface area contributed by atoms with Crippen molar-refractivity contribution in [1.82, 2.24) is 25.1 Å². The lowest BCUT2D eigenvalue weighted by Gasteiger charge is -2.43. The molecule has 2 heterocycles. The molecule has 1 saturated heterocycles. The fourth-order valence-electron chi connectivity index (χ4n) is 4.45. The third kappa shape index (κ3) is 6.54. The summed E-state index contributed by atoms with van der Waals surface area (Å²) >= 11 is 3.43. The van der Waals surface area contributed by atoms with Crippen LogP contribution in [0.4, 0.5) is 8.78 Å². The maximum atomic E-state index is 14.8. The van der Waals surface area contributed by atoms with Crippen molar-refractivity contribution in [2.24, 2.45) is 5.10 Å². The van der Waals surface area contributed by atoms with Crippen LogP contribution in [0, 0.1) is 11.6 Å². The van der Waals surface area contributed by atoms with Crippen LogP contribution >= 0.6 is 15.9 Å². The lowest BCUT2D eigenvalue weighted by atomic mass is 9.84. The largest absolute Gasteiger partial charge is 0.381 e. The normalized spacial score (nSPS) is 16.9. The van der Waals surface area contributed by atoms with Crippen molar-refractivity contribution in [3.05, 3.63) is 94.0 Å². The average molecular weight is 573 g/mol. The van der Waals surface area contributed by atoms with E-state index in [1.54, 1.807) is 19.2 Å². The molecule has 0 bridgehead atoms.